The predicted octanol–water partition coefficient (Wildman–Crippen LogP) is 4.13. The number of aryl methyl sites for hydroxylation is 1. The van der Waals surface area contributed by atoms with Gasteiger partial charge >= 0.3 is 0 Å². The van der Waals surface area contributed by atoms with Crippen LogP contribution in [0.5, 0.6) is 17.2 Å². The van der Waals surface area contributed by atoms with E-state index in [-0.39, 0.29) is 6.04 Å². The first-order valence-corrected chi connectivity index (χ1v) is 9.12. The number of likely N-dealkylation sites (tertiary alicyclic amines) is 1. The molecule has 1 saturated heterocycles. The van der Waals surface area contributed by atoms with Gasteiger partial charge in [-0.2, -0.15) is 0 Å². The highest BCUT2D eigenvalue weighted by Crippen LogP contribution is 2.38. The van der Waals surface area contributed by atoms with Crippen molar-refractivity contribution in [2.75, 3.05) is 27.9 Å². The summed E-state index contributed by atoms with van der Waals surface area (Å²) in [6.07, 6.45) is 4.69. The van der Waals surface area contributed by atoms with E-state index in [0.29, 0.717) is 11.5 Å². The van der Waals surface area contributed by atoms with Gasteiger partial charge in [-0.25, -0.2) is 0 Å². The molecule has 1 fully saturated rings. The quantitative estimate of drug-likeness (QED) is 0.772. The highest BCUT2D eigenvalue weighted by atomic mass is 16.5. The van der Waals surface area contributed by atoms with Crippen LogP contribution in [0.2, 0.25) is 0 Å². The summed E-state index contributed by atoms with van der Waals surface area (Å²) >= 11 is 0. The molecule has 0 bridgehead atoms. The Morgan fingerprint density at radius 1 is 1.00 bits per heavy atom. The fourth-order valence-corrected chi connectivity index (χ4v) is 3.65. The number of ether oxygens (including phenoxy) is 3. The molecule has 6 nitrogen and oxygen atoms in total. The Hall–Kier alpha value is -2.21. The van der Waals surface area contributed by atoms with Crippen LogP contribution in [0.4, 0.5) is 0 Å². The van der Waals surface area contributed by atoms with Crippen LogP contribution in [0.3, 0.4) is 0 Å². The summed E-state index contributed by atoms with van der Waals surface area (Å²) in [7, 11) is 4.97. The lowest BCUT2D eigenvalue weighted by Gasteiger charge is -2.29. The Kier molecular flexibility index (Phi) is 6.04. The highest BCUT2D eigenvalue weighted by Gasteiger charge is 2.27. The van der Waals surface area contributed by atoms with Crippen molar-refractivity contribution in [3.8, 4) is 17.2 Å². The summed E-state index contributed by atoms with van der Waals surface area (Å²) in [6, 6.07) is 6.18. The third-order valence-corrected chi connectivity index (χ3v) is 5.00. The monoisotopic (exact) mass is 360 g/mol. The molecule has 0 amide bonds. The van der Waals surface area contributed by atoms with Gasteiger partial charge < -0.3 is 18.7 Å². The van der Waals surface area contributed by atoms with E-state index >= 15 is 0 Å². The lowest BCUT2D eigenvalue weighted by molar-refractivity contribution is 0.158. The second-order valence-corrected chi connectivity index (χ2v) is 6.73. The number of nitrogens with zero attached hydrogens (tertiary/aromatic N) is 2. The van der Waals surface area contributed by atoms with E-state index in [1.54, 1.807) is 21.3 Å². The maximum absolute atomic E-state index is 5.61. The largest absolute Gasteiger partial charge is 0.496 e. The van der Waals surface area contributed by atoms with E-state index in [4.69, 9.17) is 18.7 Å². The minimum absolute atomic E-state index is 0.233. The third-order valence-electron chi connectivity index (χ3n) is 5.00. The van der Waals surface area contributed by atoms with Crippen LogP contribution in [0.1, 0.15) is 48.7 Å². The highest BCUT2D eigenvalue weighted by molar-refractivity contribution is 5.50. The minimum atomic E-state index is 0.233. The first-order valence-electron chi connectivity index (χ1n) is 9.12. The van der Waals surface area contributed by atoms with Crippen LogP contribution in [0.25, 0.3) is 0 Å². The maximum Gasteiger partial charge on any atom is 0.164 e. The Balaban J connectivity index is 1.91. The van der Waals surface area contributed by atoms with Gasteiger partial charge in [-0.15, -0.1) is 0 Å². The Morgan fingerprint density at radius 2 is 1.73 bits per heavy atom. The molecule has 0 spiro atoms. The molecule has 2 aromatic rings. The number of rotatable bonds is 6. The van der Waals surface area contributed by atoms with Crippen molar-refractivity contribution in [2.45, 2.75) is 45.2 Å². The van der Waals surface area contributed by atoms with Crippen molar-refractivity contribution in [2.24, 2.45) is 0 Å². The lowest BCUT2D eigenvalue weighted by Crippen LogP contribution is -2.28. The van der Waals surface area contributed by atoms with Crippen LogP contribution in [0.15, 0.2) is 22.7 Å². The molecule has 1 aliphatic rings. The third kappa shape index (κ3) is 3.96. The maximum atomic E-state index is 5.61. The van der Waals surface area contributed by atoms with Gasteiger partial charge in [-0.05, 0) is 32.4 Å². The van der Waals surface area contributed by atoms with E-state index in [2.05, 4.69) is 16.1 Å². The molecular weight excluding hydrogens is 332 g/mol. The molecule has 1 atom stereocenters. The fraction of sp³-hybridized carbons (Fsp3) is 0.550. The molecule has 26 heavy (non-hydrogen) atoms. The lowest BCUT2D eigenvalue weighted by atomic mass is 10.1. The fourth-order valence-electron chi connectivity index (χ4n) is 3.65. The molecule has 0 N–H and O–H groups in total. The number of hydrogen-bond acceptors (Lipinski definition) is 6. The van der Waals surface area contributed by atoms with Crippen LogP contribution >= 0.6 is 0 Å². The molecule has 6 heteroatoms. The summed E-state index contributed by atoms with van der Waals surface area (Å²) in [6.45, 7) is 3.74. The zero-order valence-electron chi connectivity index (χ0n) is 16.1. The first kappa shape index (κ1) is 18.6. The molecule has 1 aliphatic heterocycles. The van der Waals surface area contributed by atoms with Gasteiger partial charge in [-0.3, -0.25) is 4.90 Å². The van der Waals surface area contributed by atoms with Crippen LogP contribution in [0, 0.1) is 6.92 Å². The summed E-state index contributed by atoms with van der Waals surface area (Å²) in [5.41, 5.74) is 2.00. The van der Waals surface area contributed by atoms with Crippen LogP contribution in [-0.2, 0) is 6.54 Å². The number of hydrogen-bond donors (Lipinski definition) is 0. The molecule has 3 rings (SSSR count). The van der Waals surface area contributed by atoms with Crippen LogP contribution in [-0.4, -0.2) is 37.9 Å². The zero-order chi connectivity index (χ0) is 18.5. The van der Waals surface area contributed by atoms with E-state index in [1.807, 2.05) is 19.1 Å². The summed E-state index contributed by atoms with van der Waals surface area (Å²) in [5.74, 6) is 3.14. The summed E-state index contributed by atoms with van der Waals surface area (Å²) < 4.78 is 22.1. The second-order valence-electron chi connectivity index (χ2n) is 6.73. The number of aromatic nitrogens is 1. The van der Waals surface area contributed by atoms with Gasteiger partial charge in [0.25, 0.3) is 0 Å². The molecule has 0 saturated carbocycles. The average molecular weight is 360 g/mol. The zero-order valence-corrected chi connectivity index (χ0v) is 16.1. The molecule has 1 aromatic heterocycles. The molecule has 1 aromatic carbocycles. The Morgan fingerprint density at radius 3 is 2.38 bits per heavy atom. The minimum Gasteiger partial charge on any atom is -0.496 e. The van der Waals surface area contributed by atoms with E-state index in [9.17, 15) is 0 Å². The van der Waals surface area contributed by atoms with Gasteiger partial charge in [-0.1, -0.05) is 18.0 Å². The van der Waals surface area contributed by atoms with Crippen molar-refractivity contribution in [1.29, 1.82) is 0 Å². The summed E-state index contributed by atoms with van der Waals surface area (Å²) in [4.78, 5) is 2.46. The van der Waals surface area contributed by atoms with Crippen molar-refractivity contribution in [3.63, 3.8) is 0 Å². The smallest absolute Gasteiger partial charge is 0.164 e. The van der Waals surface area contributed by atoms with E-state index in [1.165, 1.54) is 19.3 Å². The summed E-state index contributed by atoms with van der Waals surface area (Å²) in [5, 5.41) is 4.08. The van der Waals surface area contributed by atoms with Gasteiger partial charge in [0, 0.05) is 24.2 Å². The first-order chi connectivity index (χ1) is 12.7. The number of benzene rings is 1. The van der Waals surface area contributed by atoms with Crippen molar-refractivity contribution in [1.82, 2.24) is 10.1 Å². The van der Waals surface area contributed by atoms with E-state index in [0.717, 1.165) is 42.3 Å². The van der Waals surface area contributed by atoms with E-state index < -0.39 is 0 Å². The Bertz CT molecular complexity index is 729. The standard InChI is InChI=1S/C20H28N2O4/c1-14-10-18(26-21-14)16-8-6-5-7-9-22(16)13-15-11-19(24-3)20(25-4)12-17(15)23-2/h10-12,16H,5-9,13H2,1-4H3/t16-/m1/s1. The Labute approximate surface area is 155 Å². The molecule has 0 unspecified atom stereocenters. The number of methoxy groups -OCH3 is 3. The van der Waals surface area contributed by atoms with Gasteiger partial charge in [0.1, 0.15) is 5.75 Å². The predicted molar refractivity (Wildman–Crippen MR) is 99.0 cm³/mol. The van der Waals surface area contributed by atoms with Crippen molar-refractivity contribution >= 4 is 0 Å². The second kappa shape index (κ2) is 8.45. The molecule has 0 aliphatic carbocycles. The molecule has 0 radical (unpaired) electrons. The molecular formula is C20H28N2O4. The average Bonchev–Trinajstić information content (AvgIpc) is 2.95. The topological polar surface area (TPSA) is 57.0 Å². The SMILES string of the molecule is COc1cc(OC)c(OC)cc1CN1CCCCC[C@@H]1c1cc(C)no1. The van der Waals surface area contributed by atoms with Crippen LogP contribution < -0.4 is 14.2 Å². The van der Waals surface area contributed by atoms with Gasteiger partial charge in [0.05, 0.1) is 33.1 Å². The van der Waals surface area contributed by atoms with Crippen molar-refractivity contribution in [3.05, 3.63) is 35.2 Å². The molecule has 142 valence electrons. The normalized spacial score (nSPS) is 18.4. The molecule has 2 heterocycles. The van der Waals surface area contributed by atoms with Gasteiger partial charge in [0.15, 0.2) is 17.3 Å². The van der Waals surface area contributed by atoms with Gasteiger partial charge in [0.2, 0.25) is 0 Å². The van der Waals surface area contributed by atoms with Crippen molar-refractivity contribution < 1.29 is 18.7 Å².